The van der Waals surface area contributed by atoms with Crippen LogP contribution in [-0.4, -0.2) is 21.7 Å². The summed E-state index contributed by atoms with van der Waals surface area (Å²) >= 11 is 5.74. The Balaban J connectivity index is 3.47. The number of phenolic OH excluding ortho intramolecular Hbond substituents is 1. The molecule has 0 radical (unpaired) electrons. The van der Waals surface area contributed by atoms with E-state index in [0.717, 1.165) is 6.07 Å². The lowest BCUT2D eigenvalue weighted by Gasteiger charge is -2.13. The summed E-state index contributed by atoms with van der Waals surface area (Å²) in [6.07, 6.45) is 0. The molecule has 0 saturated carbocycles. The van der Waals surface area contributed by atoms with Gasteiger partial charge in [0.25, 0.3) is 5.69 Å². The normalized spacial score (nSPS) is 12.5. The van der Waals surface area contributed by atoms with E-state index >= 15 is 0 Å². The number of aromatic hydroxyl groups is 1. The van der Waals surface area contributed by atoms with Gasteiger partial charge >= 0.3 is 0 Å². The highest BCUT2D eigenvalue weighted by Gasteiger charge is 2.23. The van der Waals surface area contributed by atoms with E-state index in [-0.39, 0.29) is 27.6 Å². The molecule has 0 spiro atoms. The zero-order valence-electron chi connectivity index (χ0n) is 8.48. The van der Waals surface area contributed by atoms with Gasteiger partial charge in [0.15, 0.2) is 0 Å². The second-order valence-corrected chi connectivity index (χ2v) is 3.70. The fourth-order valence-electron chi connectivity index (χ4n) is 1.31. The van der Waals surface area contributed by atoms with Gasteiger partial charge in [-0.25, -0.2) is 0 Å². The molecule has 0 heterocycles. The average molecular weight is 247 g/mol. The Bertz CT molecular complexity index is 436. The number of nitrogens with two attached hydrogens (primary N) is 1. The fourth-order valence-corrected chi connectivity index (χ4v) is 1.52. The van der Waals surface area contributed by atoms with Gasteiger partial charge in [-0.05, 0) is 6.92 Å². The minimum Gasteiger partial charge on any atom is -0.506 e. The van der Waals surface area contributed by atoms with Crippen molar-refractivity contribution < 1.29 is 15.1 Å². The fraction of sp³-hybridized carbons (Fsp3) is 0.333. The van der Waals surface area contributed by atoms with Crippen LogP contribution in [0.1, 0.15) is 17.2 Å². The number of nitrogens with zero attached hydrogens (tertiary/aromatic N) is 1. The quantitative estimate of drug-likeness (QED) is 0.549. The number of aliphatic hydroxyl groups excluding tert-OH is 1. The number of aliphatic hydroxyl groups is 1. The summed E-state index contributed by atoms with van der Waals surface area (Å²) in [6, 6.07) is 0.217. The zero-order valence-corrected chi connectivity index (χ0v) is 9.23. The second-order valence-electron chi connectivity index (χ2n) is 3.32. The van der Waals surface area contributed by atoms with Crippen LogP contribution in [0.5, 0.6) is 5.75 Å². The molecule has 0 aliphatic carbocycles. The standard InChI is InChI=1S/C9H11ClN2O4/c1-4-7(12(15)16)2-5(6(11)3-13)9(14)8(4)10/h2,6,13-14H,3,11H2,1H3/t6-/m1/s1. The molecule has 6 nitrogen and oxygen atoms in total. The number of nitro benzene ring substituents is 1. The van der Waals surface area contributed by atoms with E-state index in [9.17, 15) is 15.2 Å². The monoisotopic (exact) mass is 246 g/mol. The zero-order chi connectivity index (χ0) is 12.5. The Morgan fingerprint density at radius 1 is 1.69 bits per heavy atom. The molecule has 1 atom stereocenters. The predicted molar refractivity (Wildman–Crippen MR) is 58.5 cm³/mol. The van der Waals surface area contributed by atoms with Crippen LogP contribution in [0.25, 0.3) is 0 Å². The van der Waals surface area contributed by atoms with Crippen molar-refractivity contribution in [3.05, 3.63) is 32.3 Å². The average Bonchev–Trinajstić information content (AvgIpc) is 2.25. The molecule has 0 unspecified atom stereocenters. The van der Waals surface area contributed by atoms with E-state index in [4.69, 9.17) is 22.4 Å². The molecule has 0 saturated heterocycles. The second kappa shape index (κ2) is 4.65. The smallest absolute Gasteiger partial charge is 0.274 e. The van der Waals surface area contributed by atoms with Gasteiger partial charge in [-0.2, -0.15) is 0 Å². The lowest BCUT2D eigenvalue weighted by molar-refractivity contribution is -0.385. The van der Waals surface area contributed by atoms with Crippen LogP contribution in [0.2, 0.25) is 5.02 Å². The van der Waals surface area contributed by atoms with Gasteiger partial charge in [0, 0.05) is 17.2 Å². The Labute approximate surface area is 96.4 Å². The molecule has 0 aliphatic heterocycles. The third-order valence-corrected chi connectivity index (χ3v) is 2.74. The molecule has 0 bridgehead atoms. The molecule has 0 aliphatic rings. The maximum Gasteiger partial charge on any atom is 0.274 e. The largest absolute Gasteiger partial charge is 0.506 e. The predicted octanol–water partition coefficient (Wildman–Crippen LogP) is 1.25. The van der Waals surface area contributed by atoms with Crippen molar-refractivity contribution in [1.82, 2.24) is 0 Å². The van der Waals surface area contributed by atoms with Gasteiger partial charge in [0.2, 0.25) is 0 Å². The topological polar surface area (TPSA) is 110 Å². The summed E-state index contributed by atoms with van der Waals surface area (Å²) in [7, 11) is 0. The Morgan fingerprint density at radius 3 is 2.69 bits per heavy atom. The lowest BCUT2D eigenvalue weighted by atomic mass is 10.0. The maximum absolute atomic E-state index is 10.7. The van der Waals surface area contributed by atoms with Crippen LogP contribution in [0.4, 0.5) is 5.69 Å². The number of hydrogen-bond acceptors (Lipinski definition) is 5. The minimum atomic E-state index is -0.906. The van der Waals surface area contributed by atoms with Gasteiger partial charge in [-0.3, -0.25) is 10.1 Å². The third kappa shape index (κ3) is 2.08. The molecule has 1 rings (SSSR count). The summed E-state index contributed by atoms with van der Waals surface area (Å²) in [5, 5.41) is 29.1. The van der Waals surface area contributed by atoms with Crippen LogP contribution in [-0.2, 0) is 0 Å². The number of halogens is 1. The Hall–Kier alpha value is -1.37. The van der Waals surface area contributed by atoms with Crippen molar-refractivity contribution in [2.75, 3.05) is 6.61 Å². The van der Waals surface area contributed by atoms with Gasteiger partial charge in [-0.15, -0.1) is 0 Å². The van der Waals surface area contributed by atoms with Crippen LogP contribution in [0.15, 0.2) is 6.07 Å². The Kier molecular flexibility index (Phi) is 3.69. The first-order valence-corrected chi connectivity index (χ1v) is 4.80. The van der Waals surface area contributed by atoms with Crippen LogP contribution in [0, 0.1) is 17.0 Å². The van der Waals surface area contributed by atoms with Crippen LogP contribution in [0.3, 0.4) is 0 Å². The van der Waals surface area contributed by atoms with E-state index < -0.39 is 17.6 Å². The first-order chi connectivity index (χ1) is 7.40. The van der Waals surface area contributed by atoms with Gasteiger partial charge < -0.3 is 15.9 Å². The Morgan fingerprint density at radius 2 is 2.25 bits per heavy atom. The summed E-state index contributed by atoms with van der Waals surface area (Å²) < 4.78 is 0. The number of phenols is 1. The molecule has 7 heteroatoms. The van der Waals surface area contributed by atoms with Crippen LogP contribution >= 0.6 is 11.6 Å². The molecule has 1 aromatic carbocycles. The maximum atomic E-state index is 10.7. The summed E-state index contributed by atoms with van der Waals surface area (Å²) in [4.78, 5) is 10.1. The van der Waals surface area contributed by atoms with Crippen molar-refractivity contribution >= 4 is 17.3 Å². The van der Waals surface area contributed by atoms with Gasteiger partial charge in [0.05, 0.1) is 22.6 Å². The molecule has 1 aromatic rings. The SMILES string of the molecule is Cc1c([N+](=O)[O-])cc([C@H](N)CO)c(O)c1Cl. The summed E-state index contributed by atoms with van der Waals surface area (Å²) in [6.45, 7) is 0.985. The van der Waals surface area contributed by atoms with E-state index in [1.165, 1.54) is 6.92 Å². The van der Waals surface area contributed by atoms with Crippen molar-refractivity contribution in [2.24, 2.45) is 5.73 Å². The number of rotatable bonds is 3. The molecule has 0 fully saturated rings. The number of benzene rings is 1. The molecule has 0 aromatic heterocycles. The molecule has 0 amide bonds. The molecular weight excluding hydrogens is 236 g/mol. The third-order valence-electron chi connectivity index (χ3n) is 2.28. The molecular formula is C9H11ClN2O4. The highest BCUT2D eigenvalue weighted by Crippen LogP contribution is 2.38. The highest BCUT2D eigenvalue weighted by molar-refractivity contribution is 6.33. The van der Waals surface area contributed by atoms with Gasteiger partial charge in [-0.1, -0.05) is 11.6 Å². The van der Waals surface area contributed by atoms with E-state index in [0.29, 0.717) is 0 Å². The van der Waals surface area contributed by atoms with Crippen molar-refractivity contribution in [1.29, 1.82) is 0 Å². The highest BCUT2D eigenvalue weighted by atomic mass is 35.5. The van der Waals surface area contributed by atoms with Crippen LogP contribution < -0.4 is 5.73 Å². The number of hydrogen-bond donors (Lipinski definition) is 3. The lowest BCUT2D eigenvalue weighted by Crippen LogP contribution is -2.15. The molecule has 88 valence electrons. The number of nitro groups is 1. The summed E-state index contributed by atoms with van der Waals surface area (Å²) in [5.74, 6) is -0.327. The summed E-state index contributed by atoms with van der Waals surface area (Å²) in [5.41, 5.74) is 5.48. The minimum absolute atomic E-state index is 0.0600. The molecule has 16 heavy (non-hydrogen) atoms. The van der Waals surface area contributed by atoms with E-state index in [1.807, 2.05) is 0 Å². The van der Waals surface area contributed by atoms with Crippen molar-refractivity contribution in [2.45, 2.75) is 13.0 Å². The molecule has 4 N–H and O–H groups in total. The van der Waals surface area contributed by atoms with Gasteiger partial charge in [0.1, 0.15) is 5.75 Å². The van der Waals surface area contributed by atoms with E-state index in [1.54, 1.807) is 0 Å². The van der Waals surface area contributed by atoms with Crippen molar-refractivity contribution in [3.8, 4) is 5.75 Å². The first kappa shape index (κ1) is 12.7. The van der Waals surface area contributed by atoms with Crippen molar-refractivity contribution in [3.63, 3.8) is 0 Å². The van der Waals surface area contributed by atoms with E-state index in [2.05, 4.69) is 0 Å². The first-order valence-electron chi connectivity index (χ1n) is 4.43.